The monoisotopic (exact) mass is 531 g/mol. The van der Waals surface area contributed by atoms with Crippen LogP contribution in [0.15, 0.2) is 42.5 Å². The Balaban J connectivity index is 1.32. The second kappa shape index (κ2) is 12.0. The molecule has 2 N–H and O–H groups in total. The molecular weight excluding hydrogens is 494 g/mol. The number of hydrogen-bond donors (Lipinski definition) is 2. The van der Waals surface area contributed by atoms with Crippen LogP contribution in [-0.4, -0.2) is 64.8 Å². The molecule has 202 valence electrons. The van der Waals surface area contributed by atoms with Gasteiger partial charge in [0, 0.05) is 43.8 Å². The van der Waals surface area contributed by atoms with Crippen molar-refractivity contribution in [1.82, 2.24) is 4.90 Å². The number of benzene rings is 2. The molecule has 0 bridgehead atoms. The SMILES string of the molecule is CC(C)(C)OC(=O)N1CCC(Oc2ccc(Cc3cc([C@H]4CC(O)C[C@@H](CO)O4)ccc3Cl)cc2)CC1. The lowest BCUT2D eigenvalue weighted by Crippen LogP contribution is -2.44. The van der Waals surface area contributed by atoms with Gasteiger partial charge in [0.15, 0.2) is 0 Å². The first kappa shape index (κ1) is 27.7. The number of aliphatic hydroxyl groups excluding tert-OH is 2. The summed E-state index contributed by atoms with van der Waals surface area (Å²) in [5.74, 6) is 0.805. The van der Waals surface area contributed by atoms with Crippen molar-refractivity contribution in [2.45, 2.75) is 82.9 Å². The highest BCUT2D eigenvalue weighted by Crippen LogP contribution is 2.34. The summed E-state index contributed by atoms with van der Waals surface area (Å²) in [5, 5.41) is 20.3. The average Bonchev–Trinajstić information content (AvgIpc) is 2.85. The van der Waals surface area contributed by atoms with Gasteiger partial charge in [0.05, 0.1) is 24.9 Å². The van der Waals surface area contributed by atoms with Crippen LogP contribution in [0.5, 0.6) is 5.75 Å². The van der Waals surface area contributed by atoms with Crippen LogP contribution in [0, 0.1) is 0 Å². The fourth-order valence-corrected chi connectivity index (χ4v) is 5.02. The predicted octanol–water partition coefficient (Wildman–Crippen LogP) is 5.28. The number of aliphatic hydroxyl groups is 2. The molecule has 3 atom stereocenters. The van der Waals surface area contributed by atoms with E-state index in [9.17, 15) is 15.0 Å². The Hall–Kier alpha value is -2.32. The highest BCUT2D eigenvalue weighted by atomic mass is 35.5. The van der Waals surface area contributed by atoms with Crippen molar-refractivity contribution in [3.63, 3.8) is 0 Å². The standard InChI is InChI=1S/C29H38ClNO6/c1-29(2,3)37-28(34)31-12-10-24(11-13-31)35-23-7-4-19(5-8-23)14-21-15-20(6-9-26(21)30)27-17-22(33)16-25(18-32)36-27/h4-9,15,22,24-25,27,32-33H,10-14,16-18H2,1-3H3/t22?,25-,27+/m0/s1. The van der Waals surface area contributed by atoms with Crippen molar-refractivity contribution in [1.29, 1.82) is 0 Å². The maximum absolute atomic E-state index is 12.3. The van der Waals surface area contributed by atoms with E-state index in [4.69, 9.17) is 25.8 Å². The molecule has 7 nitrogen and oxygen atoms in total. The summed E-state index contributed by atoms with van der Waals surface area (Å²) in [6, 6.07) is 13.8. The number of ether oxygens (including phenoxy) is 3. The van der Waals surface area contributed by atoms with Crippen LogP contribution in [0.3, 0.4) is 0 Å². The summed E-state index contributed by atoms with van der Waals surface area (Å²) in [7, 11) is 0. The summed E-state index contributed by atoms with van der Waals surface area (Å²) < 4.78 is 17.6. The van der Waals surface area contributed by atoms with Gasteiger partial charge >= 0.3 is 6.09 Å². The normalized spacial score (nSPS) is 23.1. The molecule has 2 aromatic carbocycles. The number of carbonyl (C=O) groups is 1. The minimum Gasteiger partial charge on any atom is -0.490 e. The molecule has 2 aromatic rings. The molecule has 0 aromatic heterocycles. The summed E-state index contributed by atoms with van der Waals surface area (Å²) in [4.78, 5) is 14.0. The number of likely N-dealkylation sites (tertiary alicyclic amines) is 1. The van der Waals surface area contributed by atoms with Gasteiger partial charge in [-0.15, -0.1) is 0 Å². The lowest BCUT2D eigenvalue weighted by Gasteiger charge is -2.33. The van der Waals surface area contributed by atoms with Gasteiger partial charge in [0.2, 0.25) is 0 Å². The molecule has 2 aliphatic heterocycles. The van der Waals surface area contributed by atoms with Gasteiger partial charge in [-0.1, -0.05) is 35.9 Å². The zero-order chi connectivity index (χ0) is 26.6. The molecule has 2 aliphatic rings. The Morgan fingerprint density at radius 2 is 1.81 bits per heavy atom. The first-order chi connectivity index (χ1) is 17.6. The minimum absolute atomic E-state index is 0.0595. The third-order valence-corrected chi connectivity index (χ3v) is 7.11. The molecule has 1 amide bonds. The minimum atomic E-state index is -0.493. The van der Waals surface area contributed by atoms with Gasteiger partial charge in [0.25, 0.3) is 0 Å². The van der Waals surface area contributed by atoms with Gasteiger partial charge in [-0.3, -0.25) is 0 Å². The fraction of sp³-hybridized carbons (Fsp3) is 0.552. The van der Waals surface area contributed by atoms with Crippen LogP contribution in [0.1, 0.15) is 69.2 Å². The van der Waals surface area contributed by atoms with E-state index in [1.165, 1.54) is 0 Å². The topological polar surface area (TPSA) is 88.5 Å². The van der Waals surface area contributed by atoms with Crippen molar-refractivity contribution >= 4 is 17.7 Å². The van der Waals surface area contributed by atoms with Crippen LogP contribution >= 0.6 is 11.6 Å². The number of rotatable bonds is 6. The summed E-state index contributed by atoms with van der Waals surface area (Å²) in [6.45, 7) is 6.75. The van der Waals surface area contributed by atoms with Crippen molar-refractivity contribution in [2.24, 2.45) is 0 Å². The van der Waals surface area contributed by atoms with E-state index in [0.717, 1.165) is 35.3 Å². The molecule has 2 saturated heterocycles. The van der Waals surface area contributed by atoms with Gasteiger partial charge in [0.1, 0.15) is 17.5 Å². The summed E-state index contributed by atoms with van der Waals surface area (Å²) >= 11 is 6.51. The first-order valence-corrected chi connectivity index (χ1v) is 13.4. The Labute approximate surface area is 224 Å². The Kier molecular flexibility index (Phi) is 9.01. The third-order valence-electron chi connectivity index (χ3n) is 6.74. The predicted molar refractivity (Wildman–Crippen MR) is 142 cm³/mol. The zero-order valence-electron chi connectivity index (χ0n) is 21.9. The van der Waals surface area contributed by atoms with Gasteiger partial charge in [-0.2, -0.15) is 0 Å². The van der Waals surface area contributed by atoms with Crippen molar-refractivity contribution < 1.29 is 29.2 Å². The molecule has 2 heterocycles. The summed E-state index contributed by atoms with van der Waals surface area (Å²) in [5.41, 5.74) is 2.54. The van der Waals surface area contributed by atoms with E-state index >= 15 is 0 Å². The van der Waals surface area contributed by atoms with Gasteiger partial charge < -0.3 is 29.3 Å². The van der Waals surface area contributed by atoms with Crippen LogP contribution in [0.25, 0.3) is 0 Å². The molecule has 0 radical (unpaired) electrons. The van der Waals surface area contributed by atoms with Gasteiger partial charge in [-0.25, -0.2) is 4.79 Å². The Morgan fingerprint density at radius 3 is 2.46 bits per heavy atom. The van der Waals surface area contributed by atoms with Crippen LogP contribution in [0.2, 0.25) is 5.02 Å². The van der Waals surface area contributed by atoms with E-state index in [1.54, 1.807) is 4.90 Å². The number of hydrogen-bond acceptors (Lipinski definition) is 6. The second-order valence-corrected chi connectivity index (χ2v) is 11.4. The van der Waals surface area contributed by atoms with Crippen molar-refractivity contribution in [3.8, 4) is 5.75 Å². The quantitative estimate of drug-likeness (QED) is 0.527. The first-order valence-electron chi connectivity index (χ1n) is 13.1. The molecule has 0 aliphatic carbocycles. The number of amides is 1. The fourth-order valence-electron chi connectivity index (χ4n) is 4.83. The molecule has 4 rings (SSSR count). The largest absolute Gasteiger partial charge is 0.490 e. The maximum atomic E-state index is 12.3. The lowest BCUT2D eigenvalue weighted by atomic mass is 9.94. The van der Waals surface area contributed by atoms with E-state index in [1.807, 2.05) is 63.2 Å². The van der Waals surface area contributed by atoms with Crippen molar-refractivity contribution in [2.75, 3.05) is 19.7 Å². The van der Waals surface area contributed by atoms with E-state index in [2.05, 4.69) is 0 Å². The van der Waals surface area contributed by atoms with Crippen LogP contribution < -0.4 is 4.74 Å². The molecule has 37 heavy (non-hydrogen) atoms. The maximum Gasteiger partial charge on any atom is 0.410 e. The highest BCUT2D eigenvalue weighted by Gasteiger charge is 2.30. The number of carbonyl (C=O) groups excluding carboxylic acids is 1. The van der Waals surface area contributed by atoms with Gasteiger partial charge in [-0.05, 0) is 62.1 Å². The van der Waals surface area contributed by atoms with E-state index in [-0.39, 0.29) is 31.0 Å². The van der Waals surface area contributed by atoms with E-state index in [0.29, 0.717) is 37.4 Å². The highest BCUT2D eigenvalue weighted by molar-refractivity contribution is 6.31. The Morgan fingerprint density at radius 1 is 1.11 bits per heavy atom. The summed E-state index contributed by atoms with van der Waals surface area (Å²) in [6.07, 6.45) is 1.80. The molecule has 0 spiro atoms. The molecule has 2 fully saturated rings. The van der Waals surface area contributed by atoms with Crippen molar-refractivity contribution in [3.05, 3.63) is 64.2 Å². The van der Waals surface area contributed by atoms with E-state index < -0.39 is 11.7 Å². The molecular formula is C29H38ClNO6. The number of halogens is 1. The Bertz CT molecular complexity index is 1050. The van der Waals surface area contributed by atoms with Crippen LogP contribution in [0.4, 0.5) is 4.79 Å². The second-order valence-electron chi connectivity index (χ2n) is 11.0. The molecule has 8 heteroatoms. The van der Waals surface area contributed by atoms with Crippen LogP contribution in [-0.2, 0) is 15.9 Å². The zero-order valence-corrected chi connectivity index (χ0v) is 22.6. The lowest BCUT2D eigenvalue weighted by molar-refractivity contribution is -0.113. The smallest absolute Gasteiger partial charge is 0.410 e. The molecule has 0 saturated carbocycles. The third kappa shape index (κ3) is 7.84. The average molecular weight is 532 g/mol. The number of piperidine rings is 1. The number of nitrogens with zero attached hydrogens (tertiary/aromatic N) is 1. The molecule has 1 unspecified atom stereocenters.